The van der Waals surface area contributed by atoms with Gasteiger partial charge in [0.1, 0.15) is 13.9 Å². The van der Waals surface area contributed by atoms with Gasteiger partial charge in [0, 0.05) is 5.92 Å². The summed E-state index contributed by atoms with van der Waals surface area (Å²) in [6.45, 7) is 6.45. The van der Waals surface area contributed by atoms with E-state index in [1.165, 1.54) is 0 Å². The molecule has 2 atom stereocenters. The van der Waals surface area contributed by atoms with E-state index < -0.39 is 17.9 Å². The molecule has 0 radical (unpaired) electrons. The lowest BCUT2D eigenvalue weighted by Crippen LogP contribution is -2.36. The van der Waals surface area contributed by atoms with Crippen molar-refractivity contribution in [1.29, 1.82) is 0 Å². The van der Waals surface area contributed by atoms with Crippen LogP contribution in [0, 0.1) is 17.4 Å². The first-order valence-electron chi connectivity index (χ1n) is 6.95. The van der Waals surface area contributed by atoms with Gasteiger partial charge in [-0.1, -0.05) is 19.6 Å². The molecule has 2 heterocycles. The van der Waals surface area contributed by atoms with E-state index in [4.69, 9.17) is 0 Å². The zero-order valence-electron chi connectivity index (χ0n) is 11.9. The predicted molar refractivity (Wildman–Crippen MR) is 79.2 cm³/mol. The molecule has 2 saturated heterocycles. The minimum Gasteiger partial charge on any atom is -0.298 e. The van der Waals surface area contributed by atoms with Crippen molar-refractivity contribution in [3.63, 3.8) is 0 Å². The van der Waals surface area contributed by atoms with E-state index in [-0.39, 0.29) is 22.2 Å². The molecule has 0 aromatic heterocycles. The summed E-state index contributed by atoms with van der Waals surface area (Å²) < 4.78 is 23.9. The zero-order chi connectivity index (χ0) is 14.3. The maximum Gasteiger partial charge on any atom is 0.156 e. The van der Waals surface area contributed by atoms with Gasteiger partial charge in [0.15, 0.2) is 9.84 Å². The Hall–Kier alpha value is -0.603. The maximum atomic E-state index is 12.1. The molecule has 0 spiro atoms. The molecule has 2 bridgehead atoms. The standard InChI is InChI=1S/C14H22O3SSi/c1-19(2,3)8-4-5-14(15)11-9-12-6-7-13(10-11)18(12,16)17/h11-13H,5-7,9-10H2,1-3H3. The van der Waals surface area contributed by atoms with E-state index >= 15 is 0 Å². The van der Waals surface area contributed by atoms with Crippen molar-refractivity contribution < 1.29 is 13.2 Å². The molecular formula is C14H22O3SSi. The third kappa shape index (κ3) is 3.29. The molecule has 2 rings (SSSR count). The van der Waals surface area contributed by atoms with Crippen LogP contribution in [-0.2, 0) is 14.6 Å². The average molecular weight is 298 g/mol. The molecule has 19 heavy (non-hydrogen) atoms. The second kappa shape index (κ2) is 5.06. The summed E-state index contributed by atoms with van der Waals surface area (Å²) in [7, 11) is -4.34. The van der Waals surface area contributed by atoms with Crippen molar-refractivity contribution >= 4 is 23.7 Å². The first-order chi connectivity index (χ1) is 8.70. The molecule has 0 saturated carbocycles. The minimum absolute atomic E-state index is 0.0723. The lowest BCUT2D eigenvalue weighted by Gasteiger charge is -2.26. The molecule has 2 aliphatic rings. The Morgan fingerprint density at radius 3 is 2.16 bits per heavy atom. The Bertz CT molecular complexity index is 513. The first kappa shape index (κ1) is 14.8. The van der Waals surface area contributed by atoms with E-state index in [2.05, 4.69) is 31.1 Å². The lowest BCUT2D eigenvalue weighted by atomic mass is 9.93. The van der Waals surface area contributed by atoms with Gasteiger partial charge in [0.05, 0.1) is 16.9 Å². The largest absolute Gasteiger partial charge is 0.298 e. The van der Waals surface area contributed by atoms with Crippen LogP contribution in [0.15, 0.2) is 0 Å². The highest BCUT2D eigenvalue weighted by atomic mass is 32.2. The van der Waals surface area contributed by atoms with Crippen LogP contribution >= 0.6 is 0 Å². The summed E-state index contributed by atoms with van der Waals surface area (Å²) in [6, 6.07) is 0. The third-order valence-electron chi connectivity index (χ3n) is 4.02. The quantitative estimate of drug-likeness (QED) is 0.580. The second-order valence-electron chi connectivity index (χ2n) is 6.77. The van der Waals surface area contributed by atoms with E-state index in [1.54, 1.807) is 0 Å². The number of carbonyl (C=O) groups is 1. The Morgan fingerprint density at radius 2 is 1.68 bits per heavy atom. The van der Waals surface area contributed by atoms with Gasteiger partial charge in [-0.15, -0.1) is 11.5 Å². The summed E-state index contributed by atoms with van der Waals surface area (Å²) in [5, 5.41) is -0.518. The summed E-state index contributed by atoms with van der Waals surface area (Å²) in [5.41, 5.74) is 3.20. The molecule has 0 N–H and O–H groups in total. The van der Waals surface area contributed by atoms with Crippen LogP contribution in [0.5, 0.6) is 0 Å². The third-order valence-corrected chi connectivity index (χ3v) is 7.66. The fourth-order valence-corrected chi connectivity index (χ4v) is 6.10. The molecule has 0 aromatic rings. The van der Waals surface area contributed by atoms with Crippen molar-refractivity contribution in [2.24, 2.45) is 5.92 Å². The molecule has 0 amide bonds. The van der Waals surface area contributed by atoms with Gasteiger partial charge in [0.25, 0.3) is 0 Å². The van der Waals surface area contributed by atoms with Crippen LogP contribution < -0.4 is 0 Å². The number of hydrogen-bond donors (Lipinski definition) is 0. The van der Waals surface area contributed by atoms with Crippen molar-refractivity contribution in [2.45, 2.75) is 62.2 Å². The van der Waals surface area contributed by atoms with Crippen LogP contribution in [0.3, 0.4) is 0 Å². The number of hydrogen-bond acceptors (Lipinski definition) is 3. The number of Topliss-reactive ketones (excluding diaryl/α,β-unsaturated/α-hetero) is 1. The topological polar surface area (TPSA) is 51.2 Å². The number of ketones is 1. The molecular weight excluding hydrogens is 276 g/mol. The summed E-state index contributed by atoms with van der Waals surface area (Å²) in [5.74, 6) is 3.08. The maximum absolute atomic E-state index is 12.1. The van der Waals surface area contributed by atoms with Gasteiger partial charge in [0.2, 0.25) is 0 Å². The van der Waals surface area contributed by atoms with Crippen molar-refractivity contribution in [3.05, 3.63) is 0 Å². The smallest absolute Gasteiger partial charge is 0.156 e. The molecule has 3 nitrogen and oxygen atoms in total. The average Bonchev–Trinajstić information content (AvgIpc) is 2.49. The van der Waals surface area contributed by atoms with Gasteiger partial charge in [-0.05, 0) is 25.7 Å². The summed E-state index contributed by atoms with van der Waals surface area (Å²) in [4.78, 5) is 12.1. The molecule has 5 heteroatoms. The molecule has 0 aliphatic carbocycles. The van der Waals surface area contributed by atoms with Crippen LogP contribution in [0.25, 0.3) is 0 Å². The van der Waals surface area contributed by atoms with Crippen LogP contribution in [0.4, 0.5) is 0 Å². The number of carbonyl (C=O) groups excluding carboxylic acids is 1. The molecule has 2 aliphatic heterocycles. The first-order valence-corrected chi connectivity index (χ1v) is 12.1. The Morgan fingerprint density at radius 1 is 1.16 bits per heavy atom. The van der Waals surface area contributed by atoms with Crippen molar-refractivity contribution in [2.75, 3.05) is 0 Å². The summed E-state index contributed by atoms with van der Waals surface area (Å²) >= 11 is 0. The highest BCUT2D eigenvalue weighted by Crippen LogP contribution is 2.41. The van der Waals surface area contributed by atoms with Gasteiger partial charge in [-0.3, -0.25) is 4.79 Å². The highest BCUT2D eigenvalue weighted by Gasteiger charge is 2.48. The van der Waals surface area contributed by atoms with Crippen molar-refractivity contribution in [3.8, 4) is 11.5 Å². The molecule has 2 unspecified atom stereocenters. The zero-order valence-corrected chi connectivity index (χ0v) is 13.7. The Kier molecular flexibility index (Phi) is 3.94. The summed E-state index contributed by atoms with van der Waals surface area (Å²) in [6.07, 6.45) is 2.86. The van der Waals surface area contributed by atoms with Gasteiger partial charge in [-0.2, -0.15) is 0 Å². The van der Waals surface area contributed by atoms with Gasteiger partial charge < -0.3 is 0 Å². The van der Waals surface area contributed by atoms with Gasteiger partial charge in [-0.25, -0.2) is 8.42 Å². The fourth-order valence-electron chi connectivity index (χ4n) is 3.01. The van der Waals surface area contributed by atoms with Crippen molar-refractivity contribution in [1.82, 2.24) is 0 Å². The Labute approximate surface area is 117 Å². The van der Waals surface area contributed by atoms with E-state index in [0.29, 0.717) is 19.3 Å². The SMILES string of the molecule is C[Si](C)(C)C#CCC(=O)C1CC2CCC(C1)S2(=O)=O. The number of sulfone groups is 1. The van der Waals surface area contributed by atoms with E-state index in [9.17, 15) is 13.2 Å². The monoisotopic (exact) mass is 298 g/mol. The second-order valence-corrected chi connectivity index (χ2v) is 14.0. The van der Waals surface area contributed by atoms with E-state index in [0.717, 1.165) is 12.8 Å². The molecule has 106 valence electrons. The normalized spacial score (nSPS) is 32.5. The van der Waals surface area contributed by atoms with Gasteiger partial charge >= 0.3 is 0 Å². The fraction of sp³-hybridized carbons (Fsp3) is 0.786. The predicted octanol–water partition coefficient (Wildman–Crippen LogP) is 2.18. The highest BCUT2D eigenvalue weighted by molar-refractivity contribution is 7.93. The van der Waals surface area contributed by atoms with Crippen LogP contribution in [0.1, 0.15) is 32.1 Å². The van der Waals surface area contributed by atoms with E-state index in [1.807, 2.05) is 0 Å². The number of fused-ring (bicyclic) bond motifs is 2. The van der Waals surface area contributed by atoms with Crippen LogP contribution in [-0.4, -0.2) is 32.8 Å². The lowest BCUT2D eigenvalue weighted by molar-refractivity contribution is -0.122. The minimum atomic E-state index is -2.92. The molecule has 0 aromatic carbocycles. The molecule has 2 fully saturated rings. The number of rotatable bonds is 2. The van der Waals surface area contributed by atoms with Crippen LogP contribution in [0.2, 0.25) is 19.6 Å². The Balaban J connectivity index is 1.98.